The van der Waals surface area contributed by atoms with E-state index in [0.29, 0.717) is 16.8 Å². The van der Waals surface area contributed by atoms with Crippen molar-refractivity contribution in [3.05, 3.63) is 65.5 Å². The maximum absolute atomic E-state index is 12.9. The summed E-state index contributed by atoms with van der Waals surface area (Å²) in [5.74, 6) is -0.770. The first-order valence-corrected chi connectivity index (χ1v) is 5.60. The van der Waals surface area contributed by atoms with Crippen LogP contribution in [0.4, 0.5) is 10.1 Å². The van der Waals surface area contributed by atoms with Gasteiger partial charge in [-0.1, -0.05) is 24.3 Å². The van der Waals surface area contributed by atoms with Gasteiger partial charge in [0.05, 0.1) is 11.8 Å². The van der Waals surface area contributed by atoms with Crippen molar-refractivity contribution in [2.24, 2.45) is 5.10 Å². The van der Waals surface area contributed by atoms with Crippen LogP contribution in [0.2, 0.25) is 0 Å². The molecule has 0 fully saturated rings. The predicted molar refractivity (Wildman–Crippen MR) is 72.3 cm³/mol. The van der Waals surface area contributed by atoms with Crippen molar-refractivity contribution in [1.82, 2.24) is 5.43 Å². The molecule has 5 heteroatoms. The summed E-state index contributed by atoms with van der Waals surface area (Å²) in [6.45, 7) is 0. The van der Waals surface area contributed by atoms with E-state index in [0.717, 1.165) is 0 Å². The Kier molecular flexibility index (Phi) is 3.87. The molecule has 0 radical (unpaired) electrons. The lowest BCUT2D eigenvalue weighted by atomic mass is 10.2. The molecule has 0 bridgehead atoms. The van der Waals surface area contributed by atoms with Crippen LogP contribution in [0.15, 0.2) is 53.6 Å². The predicted octanol–water partition coefficient (Wildman–Crippen LogP) is 2.17. The molecule has 3 N–H and O–H groups in total. The summed E-state index contributed by atoms with van der Waals surface area (Å²) in [5.41, 5.74) is 9.28. The molecule has 0 aliphatic rings. The third-order valence-electron chi connectivity index (χ3n) is 2.43. The molecule has 0 saturated heterocycles. The molecular weight excluding hydrogens is 245 g/mol. The topological polar surface area (TPSA) is 67.5 Å². The number of amides is 1. The molecule has 0 atom stereocenters. The Hall–Kier alpha value is -2.69. The van der Waals surface area contributed by atoms with Crippen LogP contribution in [0.3, 0.4) is 0 Å². The van der Waals surface area contributed by atoms with Crippen LogP contribution in [0.5, 0.6) is 0 Å². The van der Waals surface area contributed by atoms with Crippen molar-refractivity contribution in [1.29, 1.82) is 0 Å². The van der Waals surface area contributed by atoms with Crippen molar-refractivity contribution in [2.45, 2.75) is 0 Å². The van der Waals surface area contributed by atoms with Gasteiger partial charge in [0.15, 0.2) is 0 Å². The summed E-state index contributed by atoms with van der Waals surface area (Å²) in [5, 5.41) is 3.75. The number of benzene rings is 2. The molecule has 2 aromatic carbocycles. The van der Waals surface area contributed by atoms with E-state index < -0.39 is 5.91 Å². The van der Waals surface area contributed by atoms with Crippen LogP contribution in [0, 0.1) is 5.82 Å². The highest BCUT2D eigenvalue weighted by molar-refractivity contribution is 5.99. The molecule has 2 rings (SSSR count). The maximum Gasteiger partial charge on any atom is 0.273 e. The number of nitrogens with one attached hydrogen (secondary N) is 1. The zero-order chi connectivity index (χ0) is 13.7. The number of hydrogen-bond donors (Lipinski definition) is 2. The van der Waals surface area contributed by atoms with Gasteiger partial charge in [-0.3, -0.25) is 4.79 Å². The number of hydrazone groups is 1. The standard InChI is InChI=1S/C14H12FN3O/c15-11-5-3-4-10(8-11)9-17-18-14(19)12-6-1-2-7-13(12)16/h1-9H,16H2,(H,18,19). The van der Waals surface area contributed by atoms with Crippen LogP contribution in [0.25, 0.3) is 0 Å². The second-order valence-electron chi connectivity index (χ2n) is 3.84. The van der Waals surface area contributed by atoms with E-state index in [2.05, 4.69) is 10.5 Å². The van der Waals surface area contributed by atoms with Crippen LogP contribution in [-0.2, 0) is 0 Å². The summed E-state index contributed by atoms with van der Waals surface area (Å²) >= 11 is 0. The fraction of sp³-hybridized carbons (Fsp3) is 0. The maximum atomic E-state index is 12.9. The van der Waals surface area contributed by atoms with Gasteiger partial charge >= 0.3 is 0 Å². The third-order valence-corrected chi connectivity index (χ3v) is 2.43. The fourth-order valence-corrected chi connectivity index (χ4v) is 1.52. The van der Waals surface area contributed by atoms with E-state index in [9.17, 15) is 9.18 Å². The molecule has 0 spiro atoms. The summed E-state index contributed by atoms with van der Waals surface area (Å²) in [4.78, 5) is 11.7. The highest BCUT2D eigenvalue weighted by atomic mass is 19.1. The molecule has 0 aliphatic heterocycles. The van der Waals surface area contributed by atoms with Crippen molar-refractivity contribution in [3.8, 4) is 0 Å². The first-order valence-electron chi connectivity index (χ1n) is 5.60. The number of nitrogens with zero attached hydrogens (tertiary/aromatic N) is 1. The molecule has 1 amide bonds. The van der Waals surface area contributed by atoms with Crippen LogP contribution < -0.4 is 11.2 Å². The largest absolute Gasteiger partial charge is 0.398 e. The van der Waals surface area contributed by atoms with E-state index in [1.165, 1.54) is 18.3 Å². The number of halogens is 1. The summed E-state index contributed by atoms with van der Waals surface area (Å²) in [7, 11) is 0. The molecule has 4 nitrogen and oxygen atoms in total. The van der Waals surface area contributed by atoms with Crippen molar-refractivity contribution >= 4 is 17.8 Å². The van der Waals surface area contributed by atoms with Gasteiger partial charge in [0.2, 0.25) is 0 Å². The molecule has 0 saturated carbocycles. The number of carbonyl (C=O) groups excluding carboxylic acids is 1. The van der Waals surface area contributed by atoms with Gasteiger partial charge in [0, 0.05) is 5.69 Å². The number of hydrogen-bond acceptors (Lipinski definition) is 3. The van der Waals surface area contributed by atoms with Gasteiger partial charge in [-0.2, -0.15) is 5.10 Å². The number of anilines is 1. The minimum atomic E-state index is -0.411. The van der Waals surface area contributed by atoms with E-state index in [4.69, 9.17) is 5.73 Å². The quantitative estimate of drug-likeness (QED) is 0.502. The van der Waals surface area contributed by atoms with Crippen molar-refractivity contribution in [3.63, 3.8) is 0 Å². The van der Waals surface area contributed by atoms with Crippen molar-refractivity contribution < 1.29 is 9.18 Å². The Morgan fingerprint density at radius 1 is 1.21 bits per heavy atom. The van der Waals surface area contributed by atoms with Crippen LogP contribution in [-0.4, -0.2) is 12.1 Å². The first-order chi connectivity index (χ1) is 9.16. The molecular formula is C14H12FN3O. The zero-order valence-corrected chi connectivity index (χ0v) is 10.0. The Labute approximate surface area is 109 Å². The summed E-state index contributed by atoms with van der Waals surface area (Å²) < 4.78 is 12.9. The van der Waals surface area contributed by atoms with Gasteiger partial charge in [-0.15, -0.1) is 0 Å². The normalized spacial score (nSPS) is 10.6. The Morgan fingerprint density at radius 2 is 2.00 bits per heavy atom. The van der Waals surface area contributed by atoms with Crippen molar-refractivity contribution in [2.75, 3.05) is 5.73 Å². The van der Waals surface area contributed by atoms with E-state index in [1.54, 1.807) is 36.4 Å². The molecule has 0 aliphatic carbocycles. The van der Waals surface area contributed by atoms with Gasteiger partial charge in [0.1, 0.15) is 5.82 Å². The number of carbonyl (C=O) groups is 1. The van der Waals surface area contributed by atoms with E-state index in [1.807, 2.05) is 0 Å². The smallest absolute Gasteiger partial charge is 0.273 e. The third kappa shape index (κ3) is 3.38. The first kappa shape index (κ1) is 12.8. The number of para-hydroxylation sites is 1. The minimum Gasteiger partial charge on any atom is -0.398 e. The second kappa shape index (κ2) is 5.77. The van der Waals surface area contributed by atoms with Gasteiger partial charge in [-0.05, 0) is 29.8 Å². The number of nitrogen functional groups attached to an aromatic ring is 1. The van der Waals surface area contributed by atoms with E-state index >= 15 is 0 Å². The lowest BCUT2D eigenvalue weighted by Gasteiger charge is -2.02. The Morgan fingerprint density at radius 3 is 2.74 bits per heavy atom. The molecule has 0 heterocycles. The van der Waals surface area contributed by atoms with Crippen LogP contribution >= 0.6 is 0 Å². The molecule has 0 aromatic heterocycles. The van der Waals surface area contributed by atoms with E-state index in [-0.39, 0.29) is 5.82 Å². The fourth-order valence-electron chi connectivity index (χ4n) is 1.52. The lowest BCUT2D eigenvalue weighted by molar-refractivity contribution is 0.0956. The zero-order valence-electron chi connectivity index (χ0n) is 10.0. The lowest BCUT2D eigenvalue weighted by Crippen LogP contribution is -2.18. The Balaban J connectivity index is 2.03. The van der Waals surface area contributed by atoms with Gasteiger partial charge in [-0.25, -0.2) is 9.82 Å². The number of rotatable bonds is 3. The highest BCUT2D eigenvalue weighted by Gasteiger charge is 2.06. The number of nitrogens with two attached hydrogens (primary N) is 1. The minimum absolute atomic E-state index is 0.346. The monoisotopic (exact) mass is 257 g/mol. The van der Waals surface area contributed by atoms with Gasteiger partial charge < -0.3 is 5.73 Å². The molecule has 0 unspecified atom stereocenters. The molecule has 19 heavy (non-hydrogen) atoms. The summed E-state index contributed by atoms with van der Waals surface area (Å²) in [6, 6.07) is 12.6. The molecule has 2 aromatic rings. The summed E-state index contributed by atoms with van der Waals surface area (Å²) in [6.07, 6.45) is 1.36. The SMILES string of the molecule is Nc1ccccc1C(=O)NN=Cc1cccc(F)c1. The average molecular weight is 257 g/mol. The molecule has 96 valence electrons. The second-order valence-corrected chi connectivity index (χ2v) is 3.84. The highest BCUT2D eigenvalue weighted by Crippen LogP contribution is 2.09. The van der Waals surface area contributed by atoms with Crippen LogP contribution in [0.1, 0.15) is 15.9 Å². The average Bonchev–Trinajstić information content (AvgIpc) is 2.39. The van der Waals surface area contributed by atoms with Gasteiger partial charge in [0.25, 0.3) is 5.91 Å². The Bertz CT molecular complexity index is 626.